The number of furan rings is 1. The zero-order valence-corrected chi connectivity index (χ0v) is 11.6. The number of aromatic nitrogens is 2. The molecule has 2 heterocycles. The lowest BCUT2D eigenvalue weighted by atomic mass is 10.3. The Balaban J connectivity index is 1.95. The van der Waals surface area contributed by atoms with Gasteiger partial charge in [-0.15, -0.1) is 0 Å². The number of fused-ring (bicyclic) bond motifs is 1. The number of benzene rings is 1. The maximum absolute atomic E-state index is 13.3. The number of esters is 1. The number of para-hydroxylation sites is 2. The van der Waals surface area contributed by atoms with Crippen molar-refractivity contribution in [2.24, 2.45) is 0 Å². The van der Waals surface area contributed by atoms with Gasteiger partial charge in [0, 0.05) is 0 Å². The van der Waals surface area contributed by atoms with Crippen LogP contribution in [0.2, 0.25) is 0 Å². The van der Waals surface area contributed by atoms with E-state index in [9.17, 15) is 13.6 Å². The molecule has 3 aromatic rings. The molecule has 114 valence electrons. The van der Waals surface area contributed by atoms with Gasteiger partial charge in [0.25, 0.3) is 0 Å². The van der Waals surface area contributed by atoms with Gasteiger partial charge in [-0.2, -0.15) is 8.78 Å². The molecular formula is C15H12F2N2O3. The van der Waals surface area contributed by atoms with Crippen molar-refractivity contribution < 1.29 is 22.7 Å². The lowest BCUT2D eigenvalue weighted by Gasteiger charge is -2.14. The van der Waals surface area contributed by atoms with Gasteiger partial charge in [0.05, 0.1) is 22.9 Å². The molecule has 2 aromatic heterocycles. The van der Waals surface area contributed by atoms with E-state index in [1.165, 1.54) is 25.5 Å². The third-order valence-corrected chi connectivity index (χ3v) is 3.22. The molecule has 0 aliphatic rings. The smallest absolute Gasteiger partial charge is 0.342 e. The number of rotatable bonds is 4. The molecule has 0 radical (unpaired) electrons. The fourth-order valence-corrected chi connectivity index (χ4v) is 2.22. The van der Waals surface area contributed by atoms with Crippen LogP contribution >= 0.6 is 0 Å². The second-order valence-corrected chi connectivity index (χ2v) is 4.67. The van der Waals surface area contributed by atoms with E-state index in [4.69, 9.17) is 9.15 Å². The number of hydrogen-bond acceptors (Lipinski definition) is 4. The van der Waals surface area contributed by atoms with Crippen LogP contribution in [0.4, 0.5) is 8.78 Å². The molecule has 0 spiro atoms. The average Bonchev–Trinajstić information content (AvgIpc) is 3.14. The molecule has 3 rings (SSSR count). The minimum Gasteiger partial charge on any atom is -0.472 e. The van der Waals surface area contributed by atoms with Crippen LogP contribution in [0.15, 0.2) is 47.3 Å². The van der Waals surface area contributed by atoms with Gasteiger partial charge >= 0.3 is 12.5 Å². The maximum atomic E-state index is 13.3. The topological polar surface area (TPSA) is 57.3 Å². The van der Waals surface area contributed by atoms with Crippen LogP contribution in [0.3, 0.4) is 0 Å². The Morgan fingerprint density at radius 3 is 2.77 bits per heavy atom. The highest BCUT2D eigenvalue weighted by molar-refractivity contribution is 5.89. The van der Waals surface area contributed by atoms with E-state index in [-0.39, 0.29) is 11.4 Å². The summed E-state index contributed by atoms with van der Waals surface area (Å²) in [5, 5.41) is 0. The number of alkyl halides is 2. The Labute approximate surface area is 124 Å². The molecule has 1 unspecified atom stereocenters. The van der Waals surface area contributed by atoms with Crippen LogP contribution < -0.4 is 0 Å². The van der Waals surface area contributed by atoms with E-state index in [1.54, 1.807) is 24.3 Å². The fourth-order valence-electron chi connectivity index (χ4n) is 2.22. The summed E-state index contributed by atoms with van der Waals surface area (Å²) < 4.78 is 37.4. The van der Waals surface area contributed by atoms with Gasteiger partial charge in [-0.1, -0.05) is 12.1 Å². The first-order chi connectivity index (χ1) is 10.6. The van der Waals surface area contributed by atoms with Crippen LogP contribution in [-0.2, 0) is 4.74 Å². The molecule has 0 saturated heterocycles. The third-order valence-electron chi connectivity index (χ3n) is 3.22. The van der Waals surface area contributed by atoms with Crippen molar-refractivity contribution >= 4 is 17.0 Å². The van der Waals surface area contributed by atoms with Gasteiger partial charge in [-0.3, -0.25) is 4.57 Å². The van der Waals surface area contributed by atoms with E-state index in [0.717, 1.165) is 4.57 Å². The average molecular weight is 306 g/mol. The number of imidazole rings is 1. The summed E-state index contributed by atoms with van der Waals surface area (Å²) in [6, 6.07) is 7.96. The highest BCUT2D eigenvalue weighted by Gasteiger charge is 2.24. The Hall–Kier alpha value is -2.70. The molecule has 0 aliphatic heterocycles. The molecular weight excluding hydrogens is 294 g/mol. The lowest BCUT2D eigenvalue weighted by molar-refractivity contribution is 0.0232. The minimum absolute atomic E-state index is 0.00644. The molecule has 0 bridgehead atoms. The summed E-state index contributed by atoms with van der Waals surface area (Å²) in [5.41, 5.74) is 0.925. The Morgan fingerprint density at radius 1 is 1.32 bits per heavy atom. The summed E-state index contributed by atoms with van der Waals surface area (Å²) in [6.07, 6.45) is 1.63. The maximum Gasteiger partial charge on any atom is 0.342 e. The molecule has 0 saturated carbocycles. The van der Waals surface area contributed by atoms with Crippen LogP contribution in [0, 0.1) is 0 Å². The van der Waals surface area contributed by atoms with Crippen molar-refractivity contribution in [3.8, 4) is 0 Å². The quantitative estimate of drug-likeness (QED) is 0.685. The third kappa shape index (κ3) is 2.45. The van der Waals surface area contributed by atoms with Crippen LogP contribution in [0.1, 0.15) is 35.8 Å². The van der Waals surface area contributed by atoms with Gasteiger partial charge in [0.15, 0.2) is 11.9 Å². The highest BCUT2D eigenvalue weighted by atomic mass is 19.3. The zero-order chi connectivity index (χ0) is 15.7. The lowest BCUT2D eigenvalue weighted by Crippen LogP contribution is -2.14. The Bertz CT molecular complexity index is 796. The number of halogens is 2. The molecule has 1 aromatic carbocycles. The molecule has 0 amide bonds. The van der Waals surface area contributed by atoms with Crippen LogP contribution in [-0.4, -0.2) is 15.5 Å². The summed E-state index contributed by atoms with van der Waals surface area (Å²) in [4.78, 5) is 16.0. The summed E-state index contributed by atoms with van der Waals surface area (Å²) in [7, 11) is 0. The first kappa shape index (κ1) is 14.2. The summed E-state index contributed by atoms with van der Waals surface area (Å²) in [6.45, 7) is -1.28. The van der Waals surface area contributed by atoms with E-state index in [0.29, 0.717) is 11.0 Å². The van der Waals surface area contributed by atoms with Crippen molar-refractivity contribution in [3.63, 3.8) is 0 Å². The molecule has 22 heavy (non-hydrogen) atoms. The second-order valence-electron chi connectivity index (χ2n) is 4.67. The predicted molar refractivity (Wildman–Crippen MR) is 73.5 cm³/mol. The van der Waals surface area contributed by atoms with Crippen LogP contribution in [0.5, 0.6) is 0 Å². The fraction of sp³-hybridized carbons (Fsp3) is 0.200. The largest absolute Gasteiger partial charge is 0.472 e. The number of nitrogens with zero attached hydrogens (tertiary/aromatic N) is 2. The summed E-state index contributed by atoms with van der Waals surface area (Å²) >= 11 is 0. The van der Waals surface area contributed by atoms with Gasteiger partial charge < -0.3 is 9.15 Å². The molecule has 0 fully saturated rings. The Morgan fingerprint density at radius 2 is 2.09 bits per heavy atom. The molecule has 0 aliphatic carbocycles. The van der Waals surface area contributed by atoms with E-state index in [2.05, 4.69) is 4.98 Å². The van der Waals surface area contributed by atoms with Gasteiger partial charge in [0.1, 0.15) is 6.26 Å². The number of carbonyl (C=O) groups is 1. The zero-order valence-electron chi connectivity index (χ0n) is 11.6. The van der Waals surface area contributed by atoms with Crippen molar-refractivity contribution in [3.05, 3.63) is 54.2 Å². The monoisotopic (exact) mass is 306 g/mol. The van der Waals surface area contributed by atoms with E-state index in [1.807, 2.05) is 0 Å². The van der Waals surface area contributed by atoms with Crippen molar-refractivity contribution in [1.82, 2.24) is 9.55 Å². The summed E-state index contributed by atoms with van der Waals surface area (Å²) in [5.74, 6) is -0.665. The Kier molecular flexibility index (Phi) is 3.62. The molecule has 1 atom stereocenters. The first-order valence-electron chi connectivity index (χ1n) is 6.56. The number of ether oxygens (including phenoxy) is 1. The second kappa shape index (κ2) is 5.59. The van der Waals surface area contributed by atoms with E-state index >= 15 is 0 Å². The normalized spacial score (nSPS) is 12.7. The van der Waals surface area contributed by atoms with Crippen LogP contribution in [0.25, 0.3) is 11.0 Å². The SMILES string of the molecule is CC(OC(=O)c1ccoc1)c1nc2ccccc2n1C(F)F. The van der Waals surface area contributed by atoms with E-state index < -0.39 is 18.6 Å². The number of carbonyl (C=O) groups excluding carboxylic acids is 1. The van der Waals surface area contributed by atoms with Gasteiger partial charge in [0.2, 0.25) is 0 Å². The minimum atomic E-state index is -2.78. The van der Waals surface area contributed by atoms with Gasteiger partial charge in [-0.05, 0) is 25.1 Å². The van der Waals surface area contributed by atoms with Gasteiger partial charge in [-0.25, -0.2) is 9.78 Å². The predicted octanol–water partition coefficient (Wildman–Crippen LogP) is 3.94. The van der Waals surface area contributed by atoms with Crippen molar-refractivity contribution in [1.29, 1.82) is 0 Å². The highest BCUT2D eigenvalue weighted by Crippen LogP contribution is 2.28. The van der Waals surface area contributed by atoms with Crippen molar-refractivity contribution in [2.45, 2.75) is 19.6 Å². The standard InChI is InChI=1S/C15H12F2N2O3/c1-9(22-14(20)10-6-7-21-8-10)13-18-11-4-2-3-5-12(11)19(13)15(16)17/h2-9,15H,1H3. The first-order valence-corrected chi connectivity index (χ1v) is 6.56. The molecule has 0 N–H and O–H groups in total. The molecule has 5 nitrogen and oxygen atoms in total. The molecule has 7 heteroatoms. The van der Waals surface area contributed by atoms with Crippen molar-refractivity contribution in [2.75, 3.05) is 0 Å². The number of hydrogen-bond donors (Lipinski definition) is 0.